The number of nitrogens with one attached hydrogen (secondary N) is 1. The number of aromatic nitrogens is 1. The molecule has 1 atom stereocenters. The summed E-state index contributed by atoms with van der Waals surface area (Å²) in [7, 11) is 3.15. The van der Waals surface area contributed by atoms with Crippen LogP contribution in [-0.2, 0) is 0 Å². The molecule has 1 unspecified atom stereocenters. The van der Waals surface area contributed by atoms with E-state index >= 15 is 0 Å². The number of nitrogens with zero attached hydrogens (tertiary/aromatic N) is 1. The van der Waals surface area contributed by atoms with Crippen LogP contribution < -0.4 is 10.1 Å². The molecule has 1 N–H and O–H groups in total. The standard InChI is InChI=1S/C14H14F2N2O/c1-17-13(10-4-3-7-18-14(10)19-2)11-8-9(15)5-6-12(11)16/h3-8,13,17H,1-2H3. The van der Waals surface area contributed by atoms with Crippen molar-refractivity contribution in [2.45, 2.75) is 6.04 Å². The van der Waals surface area contributed by atoms with E-state index in [1.165, 1.54) is 13.2 Å². The van der Waals surface area contributed by atoms with Gasteiger partial charge in [-0.05, 0) is 31.3 Å². The van der Waals surface area contributed by atoms with Crippen molar-refractivity contribution in [3.05, 3.63) is 59.3 Å². The summed E-state index contributed by atoms with van der Waals surface area (Å²) in [6, 6.07) is 6.32. The van der Waals surface area contributed by atoms with Gasteiger partial charge in [0.05, 0.1) is 13.2 Å². The average molecular weight is 264 g/mol. The topological polar surface area (TPSA) is 34.2 Å². The Bertz CT molecular complexity index is 575. The zero-order valence-electron chi connectivity index (χ0n) is 10.7. The van der Waals surface area contributed by atoms with Crippen molar-refractivity contribution >= 4 is 0 Å². The molecule has 0 saturated heterocycles. The summed E-state index contributed by atoms with van der Waals surface area (Å²) < 4.78 is 32.3. The molecule has 0 fully saturated rings. The molecule has 100 valence electrons. The van der Waals surface area contributed by atoms with Crippen molar-refractivity contribution in [1.29, 1.82) is 0 Å². The van der Waals surface area contributed by atoms with E-state index in [4.69, 9.17) is 4.74 Å². The summed E-state index contributed by atoms with van der Waals surface area (Å²) in [6.45, 7) is 0. The monoisotopic (exact) mass is 264 g/mol. The van der Waals surface area contributed by atoms with Crippen molar-refractivity contribution < 1.29 is 13.5 Å². The molecule has 0 radical (unpaired) electrons. The molecule has 0 spiro atoms. The minimum atomic E-state index is -0.528. The van der Waals surface area contributed by atoms with Gasteiger partial charge in [-0.1, -0.05) is 6.07 Å². The molecule has 2 aromatic rings. The zero-order valence-corrected chi connectivity index (χ0v) is 10.7. The van der Waals surface area contributed by atoms with E-state index in [2.05, 4.69) is 10.3 Å². The molecule has 2 rings (SSSR count). The van der Waals surface area contributed by atoms with Crippen LogP contribution in [0.3, 0.4) is 0 Å². The summed E-state index contributed by atoms with van der Waals surface area (Å²) in [5.41, 5.74) is 0.866. The lowest BCUT2D eigenvalue weighted by molar-refractivity contribution is 0.387. The van der Waals surface area contributed by atoms with Crippen LogP contribution in [0.4, 0.5) is 8.78 Å². The number of ether oxygens (including phenoxy) is 1. The van der Waals surface area contributed by atoms with E-state index in [1.54, 1.807) is 25.4 Å². The van der Waals surface area contributed by atoms with Crippen molar-refractivity contribution in [3.63, 3.8) is 0 Å². The number of methoxy groups -OCH3 is 1. The quantitative estimate of drug-likeness (QED) is 0.922. The average Bonchev–Trinajstić information content (AvgIpc) is 2.44. The predicted molar refractivity (Wildman–Crippen MR) is 68.0 cm³/mol. The van der Waals surface area contributed by atoms with E-state index in [0.29, 0.717) is 11.4 Å². The molecule has 0 aliphatic heterocycles. The molecule has 5 heteroatoms. The lowest BCUT2D eigenvalue weighted by Crippen LogP contribution is -2.20. The number of hydrogen-bond acceptors (Lipinski definition) is 3. The Morgan fingerprint density at radius 3 is 2.68 bits per heavy atom. The highest BCUT2D eigenvalue weighted by Gasteiger charge is 2.20. The van der Waals surface area contributed by atoms with Gasteiger partial charge in [0, 0.05) is 17.3 Å². The van der Waals surface area contributed by atoms with Crippen LogP contribution in [0.1, 0.15) is 17.2 Å². The minimum absolute atomic E-state index is 0.216. The molecule has 0 aliphatic rings. The van der Waals surface area contributed by atoms with Gasteiger partial charge in [-0.15, -0.1) is 0 Å². The van der Waals surface area contributed by atoms with Crippen LogP contribution in [-0.4, -0.2) is 19.1 Å². The Morgan fingerprint density at radius 1 is 1.21 bits per heavy atom. The predicted octanol–water partition coefficient (Wildman–Crippen LogP) is 2.68. The van der Waals surface area contributed by atoms with E-state index in [9.17, 15) is 8.78 Å². The SMILES string of the molecule is CNC(c1cc(F)ccc1F)c1cccnc1OC. The second-order valence-corrected chi connectivity index (χ2v) is 3.99. The van der Waals surface area contributed by atoms with Gasteiger partial charge in [0.2, 0.25) is 5.88 Å². The molecule has 1 aromatic carbocycles. The van der Waals surface area contributed by atoms with E-state index in [0.717, 1.165) is 12.1 Å². The maximum Gasteiger partial charge on any atom is 0.218 e. The molecule has 1 aromatic heterocycles. The first-order valence-electron chi connectivity index (χ1n) is 5.78. The molecule has 0 amide bonds. The third-order valence-corrected chi connectivity index (χ3v) is 2.86. The van der Waals surface area contributed by atoms with Crippen LogP contribution >= 0.6 is 0 Å². The van der Waals surface area contributed by atoms with Crippen molar-refractivity contribution in [1.82, 2.24) is 10.3 Å². The molecule has 0 bridgehead atoms. The second kappa shape index (κ2) is 5.75. The first-order valence-corrected chi connectivity index (χ1v) is 5.78. The van der Waals surface area contributed by atoms with Crippen LogP contribution in [0.5, 0.6) is 5.88 Å². The van der Waals surface area contributed by atoms with Gasteiger partial charge >= 0.3 is 0 Å². The largest absolute Gasteiger partial charge is 0.481 e. The number of hydrogen-bond donors (Lipinski definition) is 1. The van der Waals surface area contributed by atoms with E-state index in [1.807, 2.05) is 0 Å². The van der Waals surface area contributed by atoms with Crippen molar-refractivity contribution in [2.75, 3.05) is 14.2 Å². The lowest BCUT2D eigenvalue weighted by atomic mass is 9.99. The van der Waals surface area contributed by atoms with Crippen LogP contribution in [0, 0.1) is 11.6 Å². The van der Waals surface area contributed by atoms with Crippen LogP contribution in [0.2, 0.25) is 0 Å². The fraction of sp³-hybridized carbons (Fsp3) is 0.214. The van der Waals surface area contributed by atoms with Crippen LogP contribution in [0.25, 0.3) is 0 Å². The van der Waals surface area contributed by atoms with Gasteiger partial charge in [0.15, 0.2) is 0 Å². The second-order valence-electron chi connectivity index (χ2n) is 3.99. The summed E-state index contributed by atoms with van der Waals surface area (Å²) in [4.78, 5) is 4.07. The third-order valence-electron chi connectivity index (χ3n) is 2.86. The first kappa shape index (κ1) is 13.4. The normalized spacial score (nSPS) is 12.2. The Balaban J connectivity index is 2.53. The smallest absolute Gasteiger partial charge is 0.218 e. The van der Waals surface area contributed by atoms with E-state index < -0.39 is 17.7 Å². The van der Waals surface area contributed by atoms with Gasteiger partial charge in [-0.25, -0.2) is 13.8 Å². The van der Waals surface area contributed by atoms with Crippen molar-refractivity contribution in [3.8, 4) is 5.88 Å². The molecular weight excluding hydrogens is 250 g/mol. The van der Waals surface area contributed by atoms with Crippen molar-refractivity contribution in [2.24, 2.45) is 0 Å². The highest BCUT2D eigenvalue weighted by molar-refractivity contribution is 5.38. The highest BCUT2D eigenvalue weighted by Crippen LogP contribution is 2.29. The number of benzene rings is 1. The summed E-state index contributed by atoms with van der Waals surface area (Å²) in [5.74, 6) is -0.586. The number of halogens is 2. The van der Waals surface area contributed by atoms with Gasteiger partial charge < -0.3 is 10.1 Å². The molecule has 0 saturated carbocycles. The number of rotatable bonds is 4. The maximum atomic E-state index is 13.9. The molecule has 3 nitrogen and oxygen atoms in total. The minimum Gasteiger partial charge on any atom is -0.481 e. The summed E-state index contributed by atoms with van der Waals surface area (Å²) in [6.07, 6.45) is 1.58. The molecular formula is C14H14F2N2O. The Morgan fingerprint density at radius 2 is 2.00 bits per heavy atom. The highest BCUT2D eigenvalue weighted by atomic mass is 19.1. The fourth-order valence-corrected chi connectivity index (χ4v) is 2.01. The first-order chi connectivity index (χ1) is 9.17. The Labute approximate surface area is 110 Å². The summed E-state index contributed by atoms with van der Waals surface area (Å²) in [5, 5.41) is 2.95. The lowest BCUT2D eigenvalue weighted by Gasteiger charge is -2.19. The van der Waals surface area contributed by atoms with E-state index in [-0.39, 0.29) is 5.56 Å². The number of pyridine rings is 1. The Kier molecular flexibility index (Phi) is 4.06. The maximum absolute atomic E-state index is 13.9. The summed E-state index contributed by atoms with van der Waals surface area (Å²) >= 11 is 0. The van der Waals surface area contributed by atoms with Gasteiger partial charge in [-0.2, -0.15) is 0 Å². The Hall–Kier alpha value is -2.01. The zero-order chi connectivity index (χ0) is 13.8. The third kappa shape index (κ3) is 2.71. The van der Waals surface area contributed by atoms with Gasteiger partial charge in [-0.3, -0.25) is 0 Å². The fourth-order valence-electron chi connectivity index (χ4n) is 2.01. The van der Waals surface area contributed by atoms with Crippen LogP contribution in [0.15, 0.2) is 36.5 Å². The van der Waals surface area contributed by atoms with Gasteiger partial charge in [0.25, 0.3) is 0 Å². The molecule has 1 heterocycles. The van der Waals surface area contributed by atoms with Gasteiger partial charge in [0.1, 0.15) is 11.6 Å². The molecule has 19 heavy (non-hydrogen) atoms. The molecule has 0 aliphatic carbocycles.